The van der Waals surface area contributed by atoms with Crippen molar-refractivity contribution in [2.45, 2.75) is 51.7 Å². The Morgan fingerprint density at radius 3 is 2.46 bits per heavy atom. The summed E-state index contributed by atoms with van der Waals surface area (Å²) in [5.41, 5.74) is 2.31. The van der Waals surface area contributed by atoms with E-state index in [1.165, 1.54) is 5.56 Å². The Kier molecular flexibility index (Phi) is 7.60. The Bertz CT molecular complexity index is 671. The van der Waals surface area contributed by atoms with Gasteiger partial charge in [0.15, 0.2) is 0 Å². The maximum Gasteiger partial charge on any atom is 0.303 e. The second kappa shape index (κ2) is 9.92. The molecular formula is C21H29N3O2. The average molecular weight is 355 g/mol. The first-order valence-corrected chi connectivity index (χ1v) is 9.12. The summed E-state index contributed by atoms with van der Waals surface area (Å²) in [6, 6.07) is 14.8. The van der Waals surface area contributed by atoms with E-state index >= 15 is 0 Å². The van der Waals surface area contributed by atoms with Gasteiger partial charge in [-0.05, 0) is 43.9 Å². The van der Waals surface area contributed by atoms with Crippen molar-refractivity contribution in [3.8, 4) is 0 Å². The van der Waals surface area contributed by atoms with Crippen molar-refractivity contribution in [1.82, 2.24) is 10.3 Å². The molecule has 1 aromatic carbocycles. The fourth-order valence-electron chi connectivity index (χ4n) is 2.73. The minimum Gasteiger partial charge on any atom is -0.481 e. The zero-order chi connectivity index (χ0) is 18.9. The molecule has 1 heterocycles. The first-order valence-electron chi connectivity index (χ1n) is 9.12. The third kappa shape index (κ3) is 6.48. The van der Waals surface area contributed by atoms with Crippen molar-refractivity contribution < 1.29 is 9.90 Å². The standard InChI is InChI=1S/C21H29N3O2/c1-16(2)24(3)20-11-9-18(15-23-20)14-22-19(10-12-21(25)26)13-17-7-5-4-6-8-17/h4-9,11,15-16,19,22H,10,12-14H2,1-3H3,(H,25,26). The number of carbonyl (C=O) groups is 1. The van der Waals surface area contributed by atoms with Gasteiger partial charge >= 0.3 is 5.97 Å². The lowest BCUT2D eigenvalue weighted by Crippen LogP contribution is -2.31. The van der Waals surface area contributed by atoms with E-state index in [4.69, 9.17) is 5.11 Å². The molecule has 0 bridgehead atoms. The van der Waals surface area contributed by atoms with Gasteiger partial charge in [-0.2, -0.15) is 0 Å². The van der Waals surface area contributed by atoms with Crippen molar-refractivity contribution in [1.29, 1.82) is 0 Å². The number of carboxylic acid groups (broad SMARTS) is 1. The molecule has 0 radical (unpaired) electrons. The van der Waals surface area contributed by atoms with Crippen LogP contribution in [0.2, 0.25) is 0 Å². The number of benzene rings is 1. The predicted octanol–water partition coefficient (Wildman–Crippen LogP) is 3.49. The average Bonchev–Trinajstić information content (AvgIpc) is 2.64. The molecule has 2 aromatic rings. The van der Waals surface area contributed by atoms with Crippen LogP contribution in [0.3, 0.4) is 0 Å². The van der Waals surface area contributed by atoms with Gasteiger partial charge in [-0.3, -0.25) is 4.79 Å². The van der Waals surface area contributed by atoms with E-state index in [1.54, 1.807) is 0 Å². The minimum atomic E-state index is -0.757. The summed E-state index contributed by atoms with van der Waals surface area (Å²) in [5.74, 6) is 0.197. The van der Waals surface area contributed by atoms with Crippen molar-refractivity contribution in [2.24, 2.45) is 0 Å². The SMILES string of the molecule is CC(C)N(C)c1ccc(CNC(CCC(=O)O)Cc2ccccc2)cn1. The number of rotatable bonds is 10. The normalized spacial score (nSPS) is 12.2. The van der Waals surface area contributed by atoms with Crippen molar-refractivity contribution in [2.75, 3.05) is 11.9 Å². The highest BCUT2D eigenvalue weighted by atomic mass is 16.4. The molecule has 1 unspecified atom stereocenters. The van der Waals surface area contributed by atoms with Crippen LogP contribution >= 0.6 is 0 Å². The number of nitrogens with one attached hydrogen (secondary N) is 1. The molecule has 26 heavy (non-hydrogen) atoms. The molecule has 1 atom stereocenters. The fourth-order valence-corrected chi connectivity index (χ4v) is 2.73. The Hall–Kier alpha value is -2.40. The smallest absolute Gasteiger partial charge is 0.303 e. The molecular weight excluding hydrogens is 326 g/mol. The molecule has 0 saturated heterocycles. The van der Waals surface area contributed by atoms with E-state index in [2.05, 4.69) is 47.2 Å². The Morgan fingerprint density at radius 2 is 1.88 bits per heavy atom. The van der Waals surface area contributed by atoms with E-state index in [1.807, 2.05) is 37.5 Å². The molecule has 140 valence electrons. The molecule has 5 nitrogen and oxygen atoms in total. The van der Waals surface area contributed by atoms with Crippen LogP contribution in [-0.4, -0.2) is 35.2 Å². The molecule has 0 fully saturated rings. The number of anilines is 1. The number of hydrogen-bond donors (Lipinski definition) is 2. The zero-order valence-electron chi connectivity index (χ0n) is 15.9. The van der Waals surface area contributed by atoms with Crippen LogP contribution in [-0.2, 0) is 17.8 Å². The predicted molar refractivity (Wildman–Crippen MR) is 105 cm³/mol. The third-order valence-corrected chi connectivity index (χ3v) is 4.57. The quantitative estimate of drug-likeness (QED) is 0.683. The van der Waals surface area contributed by atoms with Crippen LogP contribution in [0.4, 0.5) is 5.82 Å². The highest BCUT2D eigenvalue weighted by Crippen LogP contribution is 2.13. The van der Waals surface area contributed by atoms with Gasteiger partial charge in [-0.25, -0.2) is 4.98 Å². The number of hydrogen-bond acceptors (Lipinski definition) is 4. The summed E-state index contributed by atoms with van der Waals surface area (Å²) in [6.07, 6.45) is 3.47. The lowest BCUT2D eigenvalue weighted by molar-refractivity contribution is -0.137. The van der Waals surface area contributed by atoms with E-state index in [0.29, 0.717) is 19.0 Å². The van der Waals surface area contributed by atoms with Crippen LogP contribution in [0, 0.1) is 0 Å². The molecule has 0 aliphatic rings. The Morgan fingerprint density at radius 1 is 1.15 bits per heavy atom. The third-order valence-electron chi connectivity index (χ3n) is 4.57. The van der Waals surface area contributed by atoms with Crippen LogP contribution in [0.25, 0.3) is 0 Å². The summed E-state index contributed by atoms with van der Waals surface area (Å²) in [4.78, 5) is 17.6. The van der Waals surface area contributed by atoms with Gasteiger partial charge in [-0.1, -0.05) is 36.4 Å². The monoisotopic (exact) mass is 355 g/mol. The summed E-state index contributed by atoms with van der Waals surface area (Å²) >= 11 is 0. The van der Waals surface area contributed by atoms with Gasteiger partial charge in [0.05, 0.1) is 0 Å². The second-order valence-corrected chi connectivity index (χ2v) is 6.93. The van der Waals surface area contributed by atoms with Gasteiger partial charge in [0.25, 0.3) is 0 Å². The van der Waals surface area contributed by atoms with Crippen molar-refractivity contribution >= 4 is 11.8 Å². The maximum absolute atomic E-state index is 10.9. The lowest BCUT2D eigenvalue weighted by Gasteiger charge is -2.23. The molecule has 0 aliphatic heterocycles. The molecule has 1 aromatic heterocycles. The fraction of sp³-hybridized carbons (Fsp3) is 0.429. The van der Waals surface area contributed by atoms with E-state index in [9.17, 15) is 4.79 Å². The first kappa shape index (κ1) is 19.9. The highest BCUT2D eigenvalue weighted by molar-refractivity contribution is 5.66. The molecule has 0 aliphatic carbocycles. The summed E-state index contributed by atoms with van der Waals surface area (Å²) in [5, 5.41) is 12.5. The van der Waals surface area contributed by atoms with Gasteiger partial charge in [0.1, 0.15) is 5.82 Å². The zero-order valence-corrected chi connectivity index (χ0v) is 15.9. The lowest BCUT2D eigenvalue weighted by atomic mass is 10.0. The molecule has 0 saturated carbocycles. The van der Waals surface area contributed by atoms with E-state index in [-0.39, 0.29) is 12.5 Å². The topological polar surface area (TPSA) is 65.5 Å². The summed E-state index contributed by atoms with van der Waals surface area (Å²) < 4.78 is 0. The van der Waals surface area contributed by atoms with E-state index < -0.39 is 5.97 Å². The largest absolute Gasteiger partial charge is 0.481 e. The van der Waals surface area contributed by atoms with Gasteiger partial charge in [0, 0.05) is 38.3 Å². The molecule has 2 rings (SSSR count). The minimum absolute atomic E-state index is 0.117. The summed E-state index contributed by atoms with van der Waals surface area (Å²) in [6.45, 7) is 4.94. The van der Waals surface area contributed by atoms with Gasteiger partial charge in [0.2, 0.25) is 0 Å². The molecule has 0 amide bonds. The second-order valence-electron chi connectivity index (χ2n) is 6.93. The molecule has 5 heteroatoms. The summed E-state index contributed by atoms with van der Waals surface area (Å²) in [7, 11) is 2.03. The number of nitrogens with zero attached hydrogens (tertiary/aromatic N) is 2. The molecule has 2 N–H and O–H groups in total. The number of aromatic nitrogens is 1. The van der Waals surface area contributed by atoms with E-state index in [0.717, 1.165) is 17.8 Å². The van der Waals surface area contributed by atoms with Gasteiger partial charge < -0.3 is 15.3 Å². The Balaban J connectivity index is 1.95. The van der Waals surface area contributed by atoms with Crippen molar-refractivity contribution in [3.63, 3.8) is 0 Å². The van der Waals surface area contributed by atoms with Crippen LogP contribution in [0.15, 0.2) is 48.7 Å². The maximum atomic E-state index is 10.9. The number of aliphatic carboxylic acids is 1. The van der Waals surface area contributed by atoms with Gasteiger partial charge in [-0.15, -0.1) is 0 Å². The van der Waals surface area contributed by atoms with Crippen molar-refractivity contribution in [3.05, 3.63) is 59.8 Å². The van der Waals surface area contributed by atoms with Crippen LogP contribution in [0.1, 0.15) is 37.8 Å². The number of carboxylic acids is 1. The van der Waals surface area contributed by atoms with Crippen LogP contribution in [0.5, 0.6) is 0 Å². The van der Waals surface area contributed by atoms with Crippen LogP contribution < -0.4 is 10.2 Å². The first-order chi connectivity index (χ1) is 12.5. The highest BCUT2D eigenvalue weighted by Gasteiger charge is 2.12. The molecule has 0 spiro atoms. The Labute approximate surface area is 156 Å². The number of pyridine rings is 1.